The van der Waals surface area contributed by atoms with Crippen molar-refractivity contribution in [3.63, 3.8) is 0 Å². The molecular formula is C14H14ClNO2S. The maximum Gasteiger partial charge on any atom is 0.209 e. The first-order chi connectivity index (χ1) is 8.94. The van der Waals surface area contributed by atoms with E-state index in [4.69, 9.17) is 11.6 Å². The van der Waals surface area contributed by atoms with Gasteiger partial charge in [-0.25, -0.2) is 13.1 Å². The van der Waals surface area contributed by atoms with Crippen LogP contribution in [0.15, 0.2) is 48.5 Å². The second kappa shape index (κ2) is 5.74. The third-order valence-electron chi connectivity index (χ3n) is 2.67. The van der Waals surface area contributed by atoms with E-state index < -0.39 is 10.0 Å². The van der Waals surface area contributed by atoms with Crippen molar-refractivity contribution in [2.75, 3.05) is 6.26 Å². The van der Waals surface area contributed by atoms with Crippen LogP contribution in [-0.4, -0.2) is 14.7 Å². The molecule has 1 N–H and O–H groups in total. The molecule has 0 amide bonds. The summed E-state index contributed by atoms with van der Waals surface area (Å²) in [6, 6.07) is 15.3. The van der Waals surface area contributed by atoms with Crippen molar-refractivity contribution in [3.05, 3.63) is 59.1 Å². The lowest BCUT2D eigenvalue weighted by atomic mass is 10.0. The van der Waals surface area contributed by atoms with E-state index in [0.29, 0.717) is 11.6 Å². The van der Waals surface area contributed by atoms with Gasteiger partial charge in [-0.15, -0.1) is 0 Å². The molecule has 0 spiro atoms. The Kier molecular flexibility index (Phi) is 4.24. The van der Waals surface area contributed by atoms with E-state index in [9.17, 15) is 8.42 Å². The van der Waals surface area contributed by atoms with Crippen LogP contribution in [0, 0.1) is 0 Å². The molecule has 3 nitrogen and oxygen atoms in total. The fraction of sp³-hybridized carbons (Fsp3) is 0.143. The number of benzene rings is 2. The fourth-order valence-corrected chi connectivity index (χ4v) is 2.23. The van der Waals surface area contributed by atoms with Crippen LogP contribution in [0.4, 0.5) is 0 Å². The van der Waals surface area contributed by atoms with Crippen LogP contribution < -0.4 is 4.72 Å². The molecule has 0 radical (unpaired) electrons. The quantitative estimate of drug-likeness (QED) is 0.942. The van der Waals surface area contributed by atoms with Crippen LogP contribution >= 0.6 is 11.6 Å². The van der Waals surface area contributed by atoms with E-state index in [1.54, 1.807) is 0 Å². The average molecular weight is 296 g/mol. The van der Waals surface area contributed by atoms with E-state index in [1.807, 2.05) is 48.5 Å². The van der Waals surface area contributed by atoms with E-state index in [-0.39, 0.29) is 0 Å². The minimum atomic E-state index is -3.15. The molecule has 0 atom stereocenters. The summed E-state index contributed by atoms with van der Waals surface area (Å²) >= 11 is 5.84. The normalized spacial score (nSPS) is 11.5. The molecule has 5 heteroatoms. The molecule has 0 aliphatic rings. The van der Waals surface area contributed by atoms with E-state index >= 15 is 0 Å². The number of hydrogen-bond acceptors (Lipinski definition) is 2. The topological polar surface area (TPSA) is 46.2 Å². The second-order valence-corrected chi connectivity index (χ2v) is 6.57. The summed E-state index contributed by atoms with van der Waals surface area (Å²) < 4.78 is 24.5. The number of sulfonamides is 1. The molecule has 0 aromatic heterocycles. The van der Waals surface area contributed by atoms with Crippen LogP contribution in [0.2, 0.25) is 5.02 Å². The number of hydrogen-bond donors (Lipinski definition) is 1. The van der Waals surface area contributed by atoms with Crippen molar-refractivity contribution in [1.82, 2.24) is 4.72 Å². The highest BCUT2D eigenvalue weighted by molar-refractivity contribution is 7.88. The minimum absolute atomic E-state index is 0.305. The maximum absolute atomic E-state index is 11.0. The molecular weight excluding hydrogens is 282 g/mol. The van der Waals surface area contributed by atoms with Crippen LogP contribution in [0.5, 0.6) is 0 Å². The van der Waals surface area contributed by atoms with Gasteiger partial charge < -0.3 is 0 Å². The monoisotopic (exact) mass is 295 g/mol. The van der Waals surface area contributed by atoms with Crippen molar-refractivity contribution < 1.29 is 8.42 Å². The third kappa shape index (κ3) is 4.35. The predicted octanol–water partition coefficient (Wildman–Crippen LogP) is 3.06. The molecule has 0 aliphatic carbocycles. The lowest BCUT2D eigenvalue weighted by molar-refractivity contribution is 0.587. The summed E-state index contributed by atoms with van der Waals surface area (Å²) in [5.41, 5.74) is 3.06. The summed E-state index contributed by atoms with van der Waals surface area (Å²) in [7, 11) is -3.15. The first kappa shape index (κ1) is 14.1. The standard InChI is InChI=1S/C14H14ClNO2S/c1-19(17,18)16-10-11-2-4-12(5-3-11)13-6-8-14(15)9-7-13/h2-9,16H,10H2,1H3. The molecule has 19 heavy (non-hydrogen) atoms. The van der Waals surface area contributed by atoms with Crippen LogP contribution in [0.25, 0.3) is 11.1 Å². The molecule has 0 heterocycles. The predicted molar refractivity (Wildman–Crippen MR) is 78.6 cm³/mol. The molecule has 2 rings (SSSR count). The minimum Gasteiger partial charge on any atom is -0.213 e. The van der Waals surface area contributed by atoms with Gasteiger partial charge in [0.05, 0.1) is 6.26 Å². The third-order valence-corrected chi connectivity index (χ3v) is 3.59. The first-order valence-corrected chi connectivity index (χ1v) is 8.00. The molecule has 0 fully saturated rings. The lowest BCUT2D eigenvalue weighted by Crippen LogP contribution is -2.21. The maximum atomic E-state index is 11.0. The number of nitrogens with one attached hydrogen (secondary N) is 1. The Morgan fingerprint density at radius 2 is 1.42 bits per heavy atom. The summed E-state index contributed by atoms with van der Waals surface area (Å²) in [5, 5.41) is 0.706. The zero-order valence-corrected chi connectivity index (χ0v) is 12.0. The molecule has 0 bridgehead atoms. The van der Waals surface area contributed by atoms with Crippen LogP contribution in [0.3, 0.4) is 0 Å². The Labute approximate surface area is 118 Å². The molecule has 2 aromatic carbocycles. The van der Waals surface area contributed by atoms with Gasteiger partial charge in [-0.2, -0.15) is 0 Å². The Morgan fingerprint density at radius 3 is 1.89 bits per heavy atom. The molecule has 2 aromatic rings. The van der Waals surface area contributed by atoms with Crippen molar-refractivity contribution in [2.45, 2.75) is 6.54 Å². The van der Waals surface area contributed by atoms with Gasteiger partial charge in [0.25, 0.3) is 0 Å². The Bertz CT molecular complexity index is 649. The molecule has 0 saturated carbocycles. The summed E-state index contributed by atoms with van der Waals surface area (Å²) in [6.07, 6.45) is 1.15. The smallest absolute Gasteiger partial charge is 0.209 e. The Hall–Kier alpha value is -1.36. The van der Waals surface area contributed by atoms with E-state index in [0.717, 1.165) is 22.9 Å². The van der Waals surface area contributed by atoms with Gasteiger partial charge >= 0.3 is 0 Å². The van der Waals surface area contributed by atoms with E-state index in [2.05, 4.69) is 4.72 Å². The number of rotatable bonds is 4. The van der Waals surface area contributed by atoms with Crippen LogP contribution in [-0.2, 0) is 16.6 Å². The van der Waals surface area contributed by atoms with Gasteiger partial charge in [-0.1, -0.05) is 48.0 Å². The van der Waals surface area contributed by atoms with Gasteiger partial charge in [-0.05, 0) is 28.8 Å². The van der Waals surface area contributed by atoms with Crippen molar-refractivity contribution >= 4 is 21.6 Å². The summed E-state index contributed by atoms with van der Waals surface area (Å²) in [4.78, 5) is 0. The van der Waals surface area contributed by atoms with Crippen molar-refractivity contribution in [1.29, 1.82) is 0 Å². The fourth-order valence-electron chi connectivity index (χ4n) is 1.67. The highest BCUT2D eigenvalue weighted by Gasteiger charge is 2.02. The summed E-state index contributed by atoms with van der Waals surface area (Å²) in [5.74, 6) is 0. The molecule has 100 valence electrons. The zero-order valence-electron chi connectivity index (χ0n) is 10.4. The second-order valence-electron chi connectivity index (χ2n) is 4.30. The Morgan fingerprint density at radius 1 is 0.947 bits per heavy atom. The van der Waals surface area contributed by atoms with Gasteiger partial charge in [0.1, 0.15) is 0 Å². The first-order valence-electron chi connectivity index (χ1n) is 5.73. The van der Waals surface area contributed by atoms with E-state index in [1.165, 1.54) is 0 Å². The molecule has 0 aliphatic heterocycles. The molecule has 0 saturated heterocycles. The highest BCUT2D eigenvalue weighted by Crippen LogP contribution is 2.21. The van der Waals surface area contributed by atoms with Crippen molar-refractivity contribution in [3.8, 4) is 11.1 Å². The van der Waals surface area contributed by atoms with Crippen molar-refractivity contribution in [2.24, 2.45) is 0 Å². The van der Waals surface area contributed by atoms with Gasteiger partial charge in [0.2, 0.25) is 10.0 Å². The molecule has 0 unspecified atom stereocenters. The van der Waals surface area contributed by atoms with Gasteiger partial charge in [0.15, 0.2) is 0 Å². The Balaban J connectivity index is 2.12. The lowest BCUT2D eigenvalue weighted by Gasteiger charge is -2.05. The highest BCUT2D eigenvalue weighted by atomic mass is 35.5. The summed E-state index contributed by atoms with van der Waals surface area (Å²) in [6.45, 7) is 0.305. The zero-order chi connectivity index (χ0) is 13.9. The van der Waals surface area contributed by atoms with Crippen LogP contribution in [0.1, 0.15) is 5.56 Å². The average Bonchev–Trinajstić information content (AvgIpc) is 2.37. The van der Waals surface area contributed by atoms with Gasteiger partial charge in [-0.3, -0.25) is 0 Å². The SMILES string of the molecule is CS(=O)(=O)NCc1ccc(-c2ccc(Cl)cc2)cc1. The number of halogens is 1. The largest absolute Gasteiger partial charge is 0.213 e. The van der Waals surface area contributed by atoms with Gasteiger partial charge in [0, 0.05) is 11.6 Å².